The molecule has 4 rings (SSSR count). The molecule has 0 unspecified atom stereocenters. The standard InChI is InChI=1S/C18H6N6O12/c25-13(26)7-8(14(27)28)20-2-1(19-7)3-5(22-10(16(31)32)9(21-3)15(29)30)6-4(2)23-11(17(33)34)12(24-6)18(35)36/h(H,25,26)(H,27,28)(H,29,30)(H,31,32)(H,33,34)(H,35,36). The van der Waals surface area contributed by atoms with Gasteiger partial charge >= 0.3 is 35.8 Å². The van der Waals surface area contributed by atoms with E-state index >= 15 is 0 Å². The minimum atomic E-state index is -1.87. The van der Waals surface area contributed by atoms with Crippen molar-refractivity contribution >= 4 is 68.9 Å². The molecule has 0 bridgehead atoms. The summed E-state index contributed by atoms with van der Waals surface area (Å²) in [6.07, 6.45) is 0. The van der Waals surface area contributed by atoms with E-state index in [9.17, 15) is 59.4 Å². The molecular formula is C18H6N6O12. The number of carbonyl (C=O) groups is 6. The zero-order valence-electron chi connectivity index (χ0n) is 16.8. The summed E-state index contributed by atoms with van der Waals surface area (Å²) in [5, 5.41) is 56.3. The van der Waals surface area contributed by atoms with Crippen molar-refractivity contribution in [2.24, 2.45) is 0 Å². The van der Waals surface area contributed by atoms with Crippen LogP contribution >= 0.6 is 0 Å². The van der Waals surface area contributed by atoms with Crippen LogP contribution in [-0.2, 0) is 0 Å². The molecule has 0 aliphatic carbocycles. The lowest BCUT2D eigenvalue weighted by Crippen LogP contribution is -2.18. The number of hydrogen-bond donors (Lipinski definition) is 6. The molecule has 0 amide bonds. The van der Waals surface area contributed by atoms with Crippen LogP contribution in [0.4, 0.5) is 0 Å². The molecular weight excluding hydrogens is 492 g/mol. The van der Waals surface area contributed by atoms with Crippen LogP contribution in [0.2, 0.25) is 0 Å². The van der Waals surface area contributed by atoms with Gasteiger partial charge in [0.2, 0.25) is 0 Å². The first-order valence-corrected chi connectivity index (χ1v) is 9.00. The first kappa shape index (κ1) is 23.2. The van der Waals surface area contributed by atoms with Crippen LogP contribution in [0.3, 0.4) is 0 Å². The second-order valence-corrected chi connectivity index (χ2v) is 6.69. The number of hydrogen-bond acceptors (Lipinski definition) is 12. The molecule has 0 aliphatic rings. The Bertz CT molecular complexity index is 1410. The summed E-state index contributed by atoms with van der Waals surface area (Å²) in [5.74, 6) is -11.2. The second kappa shape index (κ2) is 7.83. The van der Waals surface area contributed by atoms with Gasteiger partial charge in [0.1, 0.15) is 33.1 Å². The Balaban J connectivity index is 2.42. The van der Waals surface area contributed by atoms with Gasteiger partial charge in [-0.1, -0.05) is 0 Å². The Morgan fingerprint density at radius 1 is 0.306 bits per heavy atom. The van der Waals surface area contributed by atoms with Crippen LogP contribution in [0.25, 0.3) is 33.1 Å². The van der Waals surface area contributed by atoms with Crippen LogP contribution < -0.4 is 0 Å². The molecule has 0 saturated heterocycles. The maximum atomic E-state index is 11.6. The van der Waals surface area contributed by atoms with Gasteiger partial charge in [0, 0.05) is 0 Å². The van der Waals surface area contributed by atoms with Gasteiger partial charge in [-0.2, -0.15) is 0 Å². The van der Waals surface area contributed by atoms with Crippen molar-refractivity contribution in [2.75, 3.05) is 0 Å². The lowest BCUT2D eigenvalue weighted by Gasteiger charge is -2.12. The highest BCUT2D eigenvalue weighted by molar-refractivity contribution is 6.21. The normalized spacial score (nSPS) is 11.0. The van der Waals surface area contributed by atoms with E-state index in [0.29, 0.717) is 0 Å². The lowest BCUT2D eigenvalue weighted by atomic mass is 10.1. The molecule has 180 valence electrons. The summed E-state index contributed by atoms with van der Waals surface area (Å²) in [4.78, 5) is 91.6. The topological polar surface area (TPSA) is 301 Å². The summed E-state index contributed by atoms with van der Waals surface area (Å²) in [5.41, 5.74) is -10.7. The zero-order valence-corrected chi connectivity index (χ0v) is 16.8. The van der Waals surface area contributed by atoms with Gasteiger partial charge < -0.3 is 30.6 Å². The molecule has 18 nitrogen and oxygen atoms in total. The summed E-state index contributed by atoms with van der Waals surface area (Å²) >= 11 is 0. The monoisotopic (exact) mass is 498 g/mol. The van der Waals surface area contributed by atoms with Crippen molar-refractivity contribution in [1.29, 1.82) is 0 Å². The molecule has 0 aliphatic heterocycles. The lowest BCUT2D eigenvalue weighted by molar-refractivity contribution is 0.0641. The number of benzene rings is 1. The molecule has 0 atom stereocenters. The van der Waals surface area contributed by atoms with Crippen LogP contribution in [0, 0.1) is 0 Å². The largest absolute Gasteiger partial charge is 0.476 e. The van der Waals surface area contributed by atoms with E-state index < -0.39 is 103 Å². The van der Waals surface area contributed by atoms with Gasteiger partial charge in [-0.25, -0.2) is 58.7 Å². The van der Waals surface area contributed by atoms with Gasteiger partial charge in [-0.15, -0.1) is 0 Å². The maximum absolute atomic E-state index is 11.6. The van der Waals surface area contributed by atoms with Crippen molar-refractivity contribution < 1.29 is 59.4 Å². The average Bonchev–Trinajstić information content (AvgIpc) is 2.81. The number of rotatable bonds is 6. The third-order valence-electron chi connectivity index (χ3n) is 4.58. The van der Waals surface area contributed by atoms with Crippen LogP contribution in [0.5, 0.6) is 0 Å². The molecule has 3 heterocycles. The third kappa shape index (κ3) is 3.37. The van der Waals surface area contributed by atoms with Crippen LogP contribution in [-0.4, -0.2) is 96.4 Å². The molecule has 6 N–H and O–H groups in total. The zero-order chi connectivity index (χ0) is 26.6. The number of nitrogens with zero attached hydrogens (tertiary/aromatic N) is 6. The molecule has 0 radical (unpaired) electrons. The van der Waals surface area contributed by atoms with E-state index in [4.69, 9.17) is 0 Å². The molecule has 18 heteroatoms. The fourth-order valence-electron chi connectivity index (χ4n) is 3.19. The van der Waals surface area contributed by atoms with E-state index in [1.807, 2.05) is 0 Å². The molecule has 0 fully saturated rings. The SMILES string of the molecule is O=C(O)c1nc2c3nc(C(=O)O)c(C(=O)O)nc3c3nc(C(=O)O)c(C(=O)O)nc3c2nc1C(=O)O. The maximum Gasteiger partial charge on any atom is 0.357 e. The second-order valence-electron chi connectivity index (χ2n) is 6.69. The predicted octanol–water partition coefficient (Wildman–Crippen LogP) is -0.295. The Morgan fingerprint density at radius 2 is 0.417 bits per heavy atom. The van der Waals surface area contributed by atoms with Gasteiger partial charge in [0.15, 0.2) is 34.2 Å². The number of aromatic nitrogens is 6. The summed E-state index contributed by atoms with van der Waals surface area (Å²) in [7, 11) is 0. The molecule has 3 aromatic heterocycles. The Hall–Kier alpha value is -5.94. The highest BCUT2D eigenvalue weighted by Gasteiger charge is 2.30. The van der Waals surface area contributed by atoms with Crippen LogP contribution in [0.1, 0.15) is 62.9 Å². The predicted molar refractivity (Wildman–Crippen MR) is 107 cm³/mol. The number of fused-ring (bicyclic) bond motifs is 6. The summed E-state index contributed by atoms with van der Waals surface area (Å²) in [6, 6.07) is 0. The highest BCUT2D eigenvalue weighted by Crippen LogP contribution is 2.31. The van der Waals surface area contributed by atoms with E-state index in [1.165, 1.54) is 0 Å². The van der Waals surface area contributed by atoms with E-state index in [-0.39, 0.29) is 0 Å². The third-order valence-corrected chi connectivity index (χ3v) is 4.58. The Kier molecular flexibility index (Phi) is 5.05. The van der Waals surface area contributed by atoms with Crippen molar-refractivity contribution in [3.63, 3.8) is 0 Å². The number of carboxylic acid groups (broad SMARTS) is 6. The highest BCUT2D eigenvalue weighted by atomic mass is 16.4. The van der Waals surface area contributed by atoms with E-state index in [0.717, 1.165) is 0 Å². The van der Waals surface area contributed by atoms with Crippen LogP contribution in [0.15, 0.2) is 0 Å². The molecule has 0 saturated carbocycles. The first-order chi connectivity index (χ1) is 16.8. The van der Waals surface area contributed by atoms with Crippen molar-refractivity contribution in [2.45, 2.75) is 0 Å². The van der Waals surface area contributed by atoms with Crippen molar-refractivity contribution in [1.82, 2.24) is 29.9 Å². The summed E-state index contributed by atoms with van der Waals surface area (Å²) < 4.78 is 0. The van der Waals surface area contributed by atoms with E-state index in [1.54, 1.807) is 0 Å². The minimum absolute atomic E-state index is 0.652. The molecule has 4 aromatic rings. The smallest absolute Gasteiger partial charge is 0.357 e. The molecule has 36 heavy (non-hydrogen) atoms. The van der Waals surface area contributed by atoms with E-state index in [2.05, 4.69) is 29.9 Å². The number of carboxylic acids is 6. The Labute approximate surface area is 193 Å². The quantitative estimate of drug-likeness (QED) is 0.186. The van der Waals surface area contributed by atoms with Gasteiger partial charge in [-0.05, 0) is 0 Å². The average molecular weight is 498 g/mol. The fraction of sp³-hybridized carbons (Fsp3) is 0. The van der Waals surface area contributed by atoms with Crippen molar-refractivity contribution in [3.05, 3.63) is 34.2 Å². The number of aromatic carboxylic acids is 6. The minimum Gasteiger partial charge on any atom is -0.476 e. The molecule has 0 spiro atoms. The van der Waals surface area contributed by atoms with Gasteiger partial charge in [0.25, 0.3) is 0 Å². The molecule has 1 aromatic carbocycles. The van der Waals surface area contributed by atoms with Gasteiger partial charge in [0.05, 0.1) is 0 Å². The Morgan fingerprint density at radius 3 is 0.500 bits per heavy atom. The van der Waals surface area contributed by atoms with Gasteiger partial charge in [-0.3, -0.25) is 0 Å². The summed E-state index contributed by atoms with van der Waals surface area (Å²) in [6.45, 7) is 0. The fourth-order valence-corrected chi connectivity index (χ4v) is 3.19. The van der Waals surface area contributed by atoms with Crippen molar-refractivity contribution in [3.8, 4) is 0 Å². The first-order valence-electron chi connectivity index (χ1n) is 9.00.